The number of pyridine rings is 1. The van der Waals surface area contributed by atoms with Gasteiger partial charge in [0.05, 0.1) is 12.8 Å². The third-order valence-electron chi connectivity index (χ3n) is 7.62. The molecule has 1 fully saturated rings. The van der Waals surface area contributed by atoms with Gasteiger partial charge in [0, 0.05) is 24.4 Å². The molecule has 2 amide bonds. The van der Waals surface area contributed by atoms with E-state index in [1.807, 2.05) is 133 Å². The number of aromatic nitrogens is 1. The lowest BCUT2D eigenvalue weighted by atomic mass is 9.75. The minimum atomic E-state index is -1.53. The fourth-order valence-electron chi connectivity index (χ4n) is 5.66. The van der Waals surface area contributed by atoms with Crippen LogP contribution >= 0.6 is 11.8 Å². The van der Waals surface area contributed by atoms with Gasteiger partial charge in [-0.2, -0.15) is 0 Å². The molecule has 2 heterocycles. The number of thioether (sulfide) groups is 1. The number of carbonyl (C=O) groups excluding carboxylic acids is 2. The molecule has 6 rings (SSSR count). The van der Waals surface area contributed by atoms with E-state index >= 15 is 0 Å². The van der Waals surface area contributed by atoms with Crippen LogP contribution in [-0.4, -0.2) is 45.4 Å². The Bertz CT molecular complexity index is 1640. The van der Waals surface area contributed by atoms with Crippen molar-refractivity contribution in [2.45, 2.75) is 16.9 Å². The predicted octanol–water partition coefficient (Wildman–Crippen LogP) is 7.08. The SMILES string of the molecule is O=C1SC(Cc2ccccc2)(OCCON=Cc2cccnc2)C(=O)N1C(c1ccccc1)(c1ccccc1)c1ccccc1. The topological polar surface area (TPSA) is 81.1 Å². The second kappa shape index (κ2) is 13.7. The van der Waals surface area contributed by atoms with Gasteiger partial charge in [-0.15, -0.1) is 0 Å². The number of benzene rings is 4. The summed E-state index contributed by atoms with van der Waals surface area (Å²) in [5.41, 5.74) is 2.76. The van der Waals surface area contributed by atoms with Crippen molar-refractivity contribution in [2.24, 2.45) is 5.16 Å². The Kier molecular flexibility index (Phi) is 9.14. The van der Waals surface area contributed by atoms with E-state index in [9.17, 15) is 9.59 Å². The van der Waals surface area contributed by atoms with Crippen molar-refractivity contribution < 1.29 is 19.2 Å². The molecule has 1 unspecified atom stereocenters. The minimum Gasteiger partial charge on any atom is -0.393 e. The van der Waals surface area contributed by atoms with E-state index in [1.54, 1.807) is 18.6 Å². The summed E-state index contributed by atoms with van der Waals surface area (Å²) in [5.74, 6) is -0.434. The zero-order chi connectivity index (χ0) is 31.0. The van der Waals surface area contributed by atoms with Crippen LogP contribution in [0.1, 0.15) is 27.8 Å². The highest BCUT2D eigenvalue weighted by molar-refractivity contribution is 8.15. The third-order valence-corrected chi connectivity index (χ3v) is 8.75. The molecule has 0 aliphatic carbocycles. The number of hydrogen-bond acceptors (Lipinski definition) is 7. The number of amides is 2. The largest absolute Gasteiger partial charge is 0.393 e. The Hall–Kier alpha value is -5.05. The van der Waals surface area contributed by atoms with Crippen LogP contribution in [0.25, 0.3) is 0 Å². The zero-order valence-corrected chi connectivity index (χ0v) is 25.3. The maximum Gasteiger partial charge on any atom is 0.293 e. The Morgan fingerprint density at radius 3 is 1.82 bits per heavy atom. The van der Waals surface area contributed by atoms with Crippen molar-refractivity contribution in [3.05, 3.63) is 174 Å². The van der Waals surface area contributed by atoms with E-state index in [0.29, 0.717) is 0 Å². The number of rotatable bonds is 12. The Morgan fingerprint density at radius 1 is 0.733 bits per heavy atom. The highest BCUT2D eigenvalue weighted by atomic mass is 32.2. The van der Waals surface area contributed by atoms with Gasteiger partial charge in [-0.05, 0) is 40.1 Å². The third kappa shape index (κ3) is 6.16. The molecular formula is C37H31N3O4S. The molecule has 4 aromatic carbocycles. The van der Waals surface area contributed by atoms with Gasteiger partial charge in [-0.1, -0.05) is 133 Å². The maximum atomic E-state index is 15.0. The molecule has 0 N–H and O–H groups in total. The van der Waals surface area contributed by atoms with E-state index in [1.165, 1.54) is 4.90 Å². The summed E-state index contributed by atoms with van der Waals surface area (Å²) in [6.07, 6.45) is 5.10. The summed E-state index contributed by atoms with van der Waals surface area (Å²) in [4.78, 5) is 38.7. The number of nitrogens with zero attached hydrogens (tertiary/aromatic N) is 3. The lowest BCUT2D eigenvalue weighted by Gasteiger charge is -2.42. The van der Waals surface area contributed by atoms with Crippen LogP contribution in [-0.2, 0) is 26.3 Å². The molecule has 5 aromatic rings. The second-order valence-corrected chi connectivity index (χ2v) is 11.6. The molecule has 224 valence electrons. The zero-order valence-electron chi connectivity index (χ0n) is 24.4. The van der Waals surface area contributed by atoms with Crippen LogP contribution in [0.4, 0.5) is 4.79 Å². The standard InChI is InChI=1S/C37H31N3O4S/c41-34-36(26-29-14-5-1-6-15-29,43-24-25-44-39-28-30-16-13-23-38-27-30)45-35(42)40(34)37(31-17-7-2-8-18-31,32-19-9-3-10-20-32)33-21-11-4-12-22-33/h1-23,27-28H,24-26H2. The van der Waals surface area contributed by atoms with E-state index in [4.69, 9.17) is 9.57 Å². The molecule has 1 saturated heterocycles. The van der Waals surface area contributed by atoms with E-state index in [0.717, 1.165) is 39.6 Å². The summed E-state index contributed by atoms with van der Waals surface area (Å²) in [6, 6.07) is 42.3. The molecule has 8 heteroatoms. The fourth-order valence-corrected chi connectivity index (χ4v) is 6.82. The van der Waals surface area contributed by atoms with Gasteiger partial charge >= 0.3 is 0 Å². The van der Waals surface area contributed by atoms with Crippen molar-refractivity contribution in [2.75, 3.05) is 13.2 Å². The monoisotopic (exact) mass is 613 g/mol. The van der Waals surface area contributed by atoms with E-state index < -0.39 is 21.6 Å². The van der Waals surface area contributed by atoms with Gasteiger partial charge in [0.1, 0.15) is 12.1 Å². The van der Waals surface area contributed by atoms with Crippen LogP contribution in [0.15, 0.2) is 151 Å². The first-order valence-electron chi connectivity index (χ1n) is 14.6. The Balaban J connectivity index is 1.39. The van der Waals surface area contributed by atoms with Gasteiger partial charge in [-0.3, -0.25) is 19.5 Å². The van der Waals surface area contributed by atoms with Crippen molar-refractivity contribution >= 4 is 29.1 Å². The van der Waals surface area contributed by atoms with E-state index in [-0.39, 0.29) is 19.6 Å². The van der Waals surface area contributed by atoms with Crippen LogP contribution in [0, 0.1) is 0 Å². The summed E-state index contributed by atoms with van der Waals surface area (Å²) in [5, 5.41) is 3.61. The summed E-state index contributed by atoms with van der Waals surface area (Å²) in [7, 11) is 0. The second-order valence-electron chi connectivity index (χ2n) is 10.4. The number of oxime groups is 1. The van der Waals surface area contributed by atoms with Crippen LogP contribution < -0.4 is 0 Å². The summed E-state index contributed by atoms with van der Waals surface area (Å²) in [6.45, 7) is 0.114. The molecule has 0 bridgehead atoms. The Labute approximate surface area is 266 Å². The average molecular weight is 614 g/mol. The molecule has 0 spiro atoms. The smallest absolute Gasteiger partial charge is 0.293 e. The summed E-state index contributed by atoms with van der Waals surface area (Å²) < 4.78 is 6.40. The first kappa shape index (κ1) is 30.0. The molecule has 0 saturated carbocycles. The van der Waals surface area contributed by atoms with Crippen molar-refractivity contribution in [3.63, 3.8) is 0 Å². The Morgan fingerprint density at radius 2 is 1.29 bits per heavy atom. The van der Waals surface area contributed by atoms with Gasteiger partial charge in [-0.25, -0.2) is 0 Å². The molecule has 7 nitrogen and oxygen atoms in total. The van der Waals surface area contributed by atoms with Crippen LogP contribution in [0.5, 0.6) is 0 Å². The van der Waals surface area contributed by atoms with Gasteiger partial charge in [0.2, 0.25) is 4.93 Å². The number of ether oxygens (including phenoxy) is 1. The van der Waals surface area contributed by atoms with Crippen LogP contribution in [0.2, 0.25) is 0 Å². The molecular weight excluding hydrogens is 582 g/mol. The van der Waals surface area contributed by atoms with Gasteiger partial charge in [0.25, 0.3) is 11.1 Å². The number of carbonyl (C=O) groups is 2. The number of imide groups is 1. The quantitative estimate of drug-likeness (QED) is 0.0648. The first-order chi connectivity index (χ1) is 22.1. The van der Waals surface area contributed by atoms with E-state index in [2.05, 4.69) is 10.1 Å². The van der Waals surface area contributed by atoms with Gasteiger partial charge in [0.15, 0.2) is 0 Å². The first-order valence-corrected chi connectivity index (χ1v) is 15.4. The number of hydrogen-bond donors (Lipinski definition) is 0. The van der Waals surface area contributed by atoms with Crippen molar-refractivity contribution in [1.82, 2.24) is 9.88 Å². The minimum absolute atomic E-state index is 0.0338. The molecule has 0 radical (unpaired) electrons. The van der Waals surface area contributed by atoms with Gasteiger partial charge < -0.3 is 9.57 Å². The molecule has 1 aromatic heterocycles. The molecule has 1 atom stereocenters. The van der Waals surface area contributed by atoms with Crippen molar-refractivity contribution in [1.29, 1.82) is 0 Å². The average Bonchev–Trinajstić information content (AvgIpc) is 3.34. The lowest BCUT2D eigenvalue weighted by Crippen LogP contribution is -2.54. The molecule has 1 aliphatic heterocycles. The highest BCUT2D eigenvalue weighted by Gasteiger charge is 2.61. The maximum absolute atomic E-state index is 15.0. The highest BCUT2D eigenvalue weighted by Crippen LogP contribution is 2.51. The summed E-state index contributed by atoms with van der Waals surface area (Å²) >= 11 is 0.909. The van der Waals surface area contributed by atoms with Crippen LogP contribution in [0.3, 0.4) is 0 Å². The molecule has 1 aliphatic rings. The normalized spacial score (nSPS) is 16.8. The van der Waals surface area contributed by atoms with Crippen molar-refractivity contribution in [3.8, 4) is 0 Å². The predicted molar refractivity (Wildman–Crippen MR) is 176 cm³/mol. The fraction of sp³-hybridized carbons (Fsp3) is 0.135. The molecule has 45 heavy (non-hydrogen) atoms. The lowest BCUT2D eigenvalue weighted by molar-refractivity contribution is -0.146.